The average molecular weight is 295 g/mol. The molecule has 3 aromatic rings. The summed E-state index contributed by atoms with van der Waals surface area (Å²) in [5.74, 6) is -0.366. The number of carboxylic acid groups (broad SMARTS) is 1. The number of hydrogen-bond acceptors (Lipinski definition) is 5. The predicted molar refractivity (Wildman–Crippen MR) is 80.7 cm³/mol. The molecule has 1 aromatic carbocycles. The van der Waals surface area contributed by atoms with Crippen LogP contribution in [-0.2, 0) is 0 Å². The monoisotopic (exact) mass is 295 g/mol. The van der Waals surface area contributed by atoms with Gasteiger partial charge in [-0.2, -0.15) is 5.10 Å². The van der Waals surface area contributed by atoms with Gasteiger partial charge in [0, 0.05) is 11.8 Å². The summed E-state index contributed by atoms with van der Waals surface area (Å²) in [7, 11) is 0. The second-order valence-corrected chi connectivity index (χ2v) is 4.81. The molecule has 0 fully saturated rings. The number of aromatic carboxylic acids is 1. The van der Waals surface area contributed by atoms with Gasteiger partial charge in [0.1, 0.15) is 17.1 Å². The molecule has 0 spiro atoms. The van der Waals surface area contributed by atoms with Gasteiger partial charge in [0.2, 0.25) is 0 Å². The summed E-state index contributed by atoms with van der Waals surface area (Å²) in [6, 6.07) is 7.50. The number of anilines is 1. The van der Waals surface area contributed by atoms with Crippen LogP contribution >= 0.6 is 0 Å². The van der Waals surface area contributed by atoms with Crippen LogP contribution in [0.3, 0.4) is 0 Å². The van der Waals surface area contributed by atoms with Gasteiger partial charge in [0.15, 0.2) is 5.82 Å². The molecule has 2 heterocycles. The zero-order valence-corrected chi connectivity index (χ0v) is 11.8. The minimum absolute atomic E-state index is 0.101. The molecule has 22 heavy (non-hydrogen) atoms. The Morgan fingerprint density at radius 1 is 1.27 bits per heavy atom. The number of nitrogen functional groups attached to an aromatic ring is 1. The molecule has 0 amide bonds. The maximum atomic E-state index is 11.5. The minimum Gasteiger partial charge on any atom is -0.478 e. The van der Waals surface area contributed by atoms with Crippen molar-refractivity contribution in [2.45, 2.75) is 6.92 Å². The number of aromatic nitrogens is 4. The molecule has 0 radical (unpaired) electrons. The molecule has 0 saturated carbocycles. The van der Waals surface area contributed by atoms with E-state index in [-0.39, 0.29) is 11.4 Å². The molecule has 7 heteroatoms. The first-order valence-corrected chi connectivity index (χ1v) is 6.52. The Hall–Kier alpha value is -3.22. The van der Waals surface area contributed by atoms with Crippen LogP contribution in [0.25, 0.3) is 17.1 Å². The highest BCUT2D eigenvalue weighted by atomic mass is 16.4. The zero-order valence-electron chi connectivity index (χ0n) is 11.8. The number of nitrogens with two attached hydrogens (primary N) is 1. The second-order valence-electron chi connectivity index (χ2n) is 4.81. The molecule has 0 aliphatic carbocycles. The standard InChI is InChI=1S/C15H13N5O2/c1-9-3-2-4-10(5-9)14-11(15(21)22)8-20(19-14)13-7-17-12(16)6-18-13/h2-8H,1H3,(H2,16,17)(H,21,22). The van der Waals surface area contributed by atoms with Crippen LogP contribution in [0.4, 0.5) is 5.82 Å². The third-order valence-electron chi connectivity index (χ3n) is 3.13. The van der Waals surface area contributed by atoms with Crippen molar-refractivity contribution in [1.29, 1.82) is 0 Å². The van der Waals surface area contributed by atoms with Crippen LogP contribution in [0.5, 0.6) is 0 Å². The van der Waals surface area contributed by atoms with E-state index in [1.165, 1.54) is 23.3 Å². The molecule has 0 unspecified atom stereocenters. The fourth-order valence-electron chi connectivity index (χ4n) is 2.10. The van der Waals surface area contributed by atoms with Crippen LogP contribution in [0.15, 0.2) is 42.9 Å². The largest absolute Gasteiger partial charge is 0.478 e. The molecular weight excluding hydrogens is 282 g/mol. The summed E-state index contributed by atoms with van der Waals surface area (Å²) < 4.78 is 1.38. The number of aryl methyl sites for hydroxylation is 1. The van der Waals surface area contributed by atoms with Crippen molar-refractivity contribution < 1.29 is 9.90 Å². The third-order valence-corrected chi connectivity index (χ3v) is 3.13. The molecule has 0 saturated heterocycles. The summed E-state index contributed by atoms with van der Waals surface area (Å²) in [6.45, 7) is 1.94. The highest BCUT2D eigenvalue weighted by Gasteiger charge is 2.18. The Morgan fingerprint density at radius 3 is 2.73 bits per heavy atom. The Kier molecular flexibility index (Phi) is 3.30. The summed E-state index contributed by atoms with van der Waals surface area (Å²) >= 11 is 0. The van der Waals surface area contributed by atoms with E-state index >= 15 is 0 Å². The van der Waals surface area contributed by atoms with Gasteiger partial charge in [-0.25, -0.2) is 19.4 Å². The SMILES string of the molecule is Cc1cccc(-c2nn(-c3cnc(N)cn3)cc2C(=O)O)c1. The van der Waals surface area contributed by atoms with E-state index in [1.807, 2.05) is 31.2 Å². The predicted octanol–water partition coefficient (Wildman–Crippen LogP) is 1.92. The van der Waals surface area contributed by atoms with E-state index in [0.717, 1.165) is 11.1 Å². The van der Waals surface area contributed by atoms with E-state index in [4.69, 9.17) is 5.73 Å². The number of nitrogens with zero attached hydrogens (tertiary/aromatic N) is 4. The van der Waals surface area contributed by atoms with Crippen molar-refractivity contribution >= 4 is 11.8 Å². The number of carboxylic acids is 1. The lowest BCUT2D eigenvalue weighted by molar-refractivity contribution is 0.0697. The Morgan fingerprint density at radius 2 is 2.09 bits per heavy atom. The van der Waals surface area contributed by atoms with E-state index in [0.29, 0.717) is 11.5 Å². The average Bonchev–Trinajstić information content (AvgIpc) is 2.93. The fraction of sp³-hybridized carbons (Fsp3) is 0.0667. The summed E-state index contributed by atoms with van der Waals surface area (Å²) in [5.41, 5.74) is 7.74. The van der Waals surface area contributed by atoms with Crippen molar-refractivity contribution in [3.8, 4) is 17.1 Å². The maximum absolute atomic E-state index is 11.5. The second kappa shape index (κ2) is 5.28. The van der Waals surface area contributed by atoms with E-state index in [2.05, 4.69) is 15.1 Å². The Bertz CT molecular complexity index is 839. The van der Waals surface area contributed by atoms with Crippen molar-refractivity contribution in [2.75, 3.05) is 5.73 Å². The number of benzene rings is 1. The number of rotatable bonds is 3. The van der Waals surface area contributed by atoms with Gasteiger partial charge in [0.25, 0.3) is 0 Å². The smallest absolute Gasteiger partial charge is 0.339 e. The van der Waals surface area contributed by atoms with Gasteiger partial charge >= 0.3 is 5.97 Å². The molecule has 0 aliphatic rings. The van der Waals surface area contributed by atoms with Gasteiger partial charge in [-0.3, -0.25) is 0 Å². The summed E-state index contributed by atoms with van der Waals surface area (Å²) in [5, 5.41) is 13.7. The summed E-state index contributed by atoms with van der Waals surface area (Å²) in [4.78, 5) is 19.5. The molecule has 0 atom stereocenters. The van der Waals surface area contributed by atoms with Crippen LogP contribution < -0.4 is 5.73 Å². The van der Waals surface area contributed by atoms with Crippen molar-refractivity contribution in [3.63, 3.8) is 0 Å². The number of carbonyl (C=O) groups is 1. The number of hydrogen-bond donors (Lipinski definition) is 2. The fourth-order valence-corrected chi connectivity index (χ4v) is 2.10. The van der Waals surface area contributed by atoms with Crippen LogP contribution in [0.1, 0.15) is 15.9 Å². The first-order valence-electron chi connectivity index (χ1n) is 6.52. The van der Waals surface area contributed by atoms with Gasteiger partial charge in [-0.1, -0.05) is 23.8 Å². The van der Waals surface area contributed by atoms with E-state index < -0.39 is 5.97 Å². The van der Waals surface area contributed by atoms with Crippen molar-refractivity contribution in [2.24, 2.45) is 0 Å². The first kappa shape index (κ1) is 13.7. The topological polar surface area (TPSA) is 107 Å². The molecule has 110 valence electrons. The minimum atomic E-state index is -1.05. The van der Waals surface area contributed by atoms with Crippen molar-refractivity contribution in [1.82, 2.24) is 19.7 Å². The van der Waals surface area contributed by atoms with Gasteiger partial charge in [-0.15, -0.1) is 0 Å². The molecule has 0 bridgehead atoms. The van der Waals surface area contributed by atoms with E-state index in [1.54, 1.807) is 0 Å². The lowest BCUT2D eigenvalue weighted by Crippen LogP contribution is -2.01. The molecule has 3 rings (SSSR count). The zero-order chi connectivity index (χ0) is 15.7. The molecule has 3 N–H and O–H groups in total. The van der Waals surface area contributed by atoms with E-state index in [9.17, 15) is 9.90 Å². The van der Waals surface area contributed by atoms with Gasteiger partial charge < -0.3 is 10.8 Å². The summed E-state index contributed by atoms with van der Waals surface area (Å²) in [6.07, 6.45) is 4.25. The molecule has 0 aliphatic heterocycles. The van der Waals surface area contributed by atoms with Crippen molar-refractivity contribution in [3.05, 3.63) is 54.0 Å². The molecule has 2 aromatic heterocycles. The highest BCUT2D eigenvalue weighted by Crippen LogP contribution is 2.24. The molecule has 7 nitrogen and oxygen atoms in total. The lowest BCUT2D eigenvalue weighted by Gasteiger charge is -2.01. The Labute approximate surface area is 126 Å². The van der Waals surface area contributed by atoms with Crippen LogP contribution in [0, 0.1) is 6.92 Å². The van der Waals surface area contributed by atoms with Crippen LogP contribution in [-0.4, -0.2) is 30.8 Å². The quantitative estimate of drug-likeness (QED) is 0.764. The lowest BCUT2D eigenvalue weighted by atomic mass is 10.1. The Balaban J connectivity index is 2.14. The first-order chi connectivity index (χ1) is 10.5. The highest BCUT2D eigenvalue weighted by molar-refractivity contribution is 5.94. The molecular formula is C15H13N5O2. The van der Waals surface area contributed by atoms with Gasteiger partial charge in [0.05, 0.1) is 12.4 Å². The maximum Gasteiger partial charge on any atom is 0.339 e. The third kappa shape index (κ3) is 2.51. The normalized spacial score (nSPS) is 10.6. The van der Waals surface area contributed by atoms with Crippen LogP contribution in [0.2, 0.25) is 0 Å². The van der Waals surface area contributed by atoms with Gasteiger partial charge in [-0.05, 0) is 13.0 Å².